The van der Waals surface area contributed by atoms with Gasteiger partial charge in [-0.3, -0.25) is 14.4 Å². The number of carbonyl (C=O) groups excluding carboxylic acids is 4. The number of benzene rings is 2. The van der Waals surface area contributed by atoms with Crippen molar-refractivity contribution in [2.24, 2.45) is 10.7 Å². The van der Waals surface area contributed by atoms with Crippen molar-refractivity contribution >= 4 is 52.3 Å². The highest BCUT2D eigenvalue weighted by Gasteiger charge is 2.34. The fourth-order valence-electron chi connectivity index (χ4n) is 3.62. The smallest absolute Gasteiger partial charge is 0.386 e. The maximum Gasteiger partial charge on any atom is 0.386 e. The van der Waals surface area contributed by atoms with Crippen molar-refractivity contribution in [2.45, 2.75) is 0 Å². The number of nitrogens with zero attached hydrogens (tertiary/aromatic N) is 3. The number of amides is 3. The second-order valence-corrected chi connectivity index (χ2v) is 10.1. The van der Waals surface area contributed by atoms with Crippen LogP contribution in [0.2, 0.25) is 0 Å². The molecule has 43 heavy (non-hydrogen) atoms. The predicted octanol–water partition coefficient (Wildman–Crippen LogP) is 1.82. The number of nitrogens with one attached hydrogen (secondary N) is 1. The number of ether oxygens (including phenoxy) is 1. The molecule has 5 N–H and O–H groups in total. The molecule has 0 spiro atoms. The number of aliphatic hydroxyl groups is 1. The van der Waals surface area contributed by atoms with Crippen molar-refractivity contribution in [2.75, 3.05) is 46.9 Å². The number of halogens is 1. The second-order valence-electron chi connectivity index (χ2n) is 9.08. The molecule has 0 saturated carbocycles. The van der Waals surface area contributed by atoms with Gasteiger partial charge in [-0.1, -0.05) is 36.0 Å². The van der Waals surface area contributed by atoms with Crippen LogP contribution in [-0.4, -0.2) is 95.6 Å². The summed E-state index contributed by atoms with van der Waals surface area (Å²) >= 11 is 0.920. The van der Waals surface area contributed by atoms with Gasteiger partial charge in [0.25, 0.3) is 0 Å². The van der Waals surface area contributed by atoms with Crippen molar-refractivity contribution in [3.63, 3.8) is 0 Å². The van der Waals surface area contributed by atoms with Crippen LogP contribution in [0.5, 0.6) is 11.5 Å². The molecule has 0 unspecified atom stereocenters. The lowest BCUT2D eigenvalue weighted by atomic mass is 10.1. The number of rotatable bonds is 12. The van der Waals surface area contributed by atoms with Gasteiger partial charge in [0.15, 0.2) is 11.5 Å². The molecule has 3 rings (SSSR count). The molecule has 0 fully saturated rings. The van der Waals surface area contributed by atoms with Gasteiger partial charge in [-0.05, 0) is 35.9 Å². The molecule has 2 aromatic rings. The lowest BCUT2D eigenvalue weighted by Gasteiger charge is -2.21. The number of carbonyl (C=O) groups is 4. The number of hydrogen-bond acceptors (Lipinski definition) is 11. The molecule has 228 valence electrons. The standard InChI is InChI=1S/C28H30FN5O8S/c1-33(24(38)16-34(2)23(37)14-30)15-22(36)31-10-11-41-20-9-8-17(12-19(20)35)13-21-26(39)25(28(40)42-29)27(43-21)32-18-6-4-3-5-7-18/h3-9,12-13,35,39H,10-11,14-16,30H2,1-2H3,(H,31,36)/b21-13-,32-27?. The van der Waals surface area contributed by atoms with Gasteiger partial charge in [-0.25, -0.2) is 14.7 Å². The molecule has 0 aliphatic carbocycles. The number of para-hydroxylation sites is 1. The first-order valence-electron chi connectivity index (χ1n) is 12.7. The van der Waals surface area contributed by atoms with E-state index in [4.69, 9.17) is 10.5 Å². The van der Waals surface area contributed by atoms with Gasteiger partial charge in [0, 0.05) is 18.6 Å². The molecule has 1 aliphatic rings. The molecule has 0 saturated heterocycles. The van der Waals surface area contributed by atoms with E-state index in [1.165, 1.54) is 42.1 Å². The number of likely N-dealkylation sites (N-methyl/N-ethyl adjacent to an activating group) is 2. The summed E-state index contributed by atoms with van der Waals surface area (Å²) in [5, 5.41) is 23.7. The van der Waals surface area contributed by atoms with E-state index in [1.54, 1.807) is 36.4 Å². The summed E-state index contributed by atoms with van der Waals surface area (Å²) in [7, 11) is 2.87. The van der Waals surface area contributed by atoms with Crippen molar-refractivity contribution in [1.29, 1.82) is 0 Å². The molecule has 3 amide bonds. The van der Waals surface area contributed by atoms with Gasteiger partial charge in [0.1, 0.15) is 23.0 Å². The van der Waals surface area contributed by atoms with Crippen LogP contribution in [0, 0.1) is 0 Å². The summed E-state index contributed by atoms with van der Waals surface area (Å²) in [5.74, 6) is -3.34. The van der Waals surface area contributed by atoms with E-state index in [0.29, 0.717) is 11.3 Å². The molecule has 0 aromatic heterocycles. The summed E-state index contributed by atoms with van der Waals surface area (Å²) < 4.78 is 18.2. The Hall–Kier alpha value is -4.89. The van der Waals surface area contributed by atoms with Gasteiger partial charge in [-0.2, -0.15) is 0 Å². The van der Waals surface area contributed by atoms with Gasteiger partial charge < -0.3 is 35.8 Å². The third-order valence-electron chi connectivity index (χ3n) is 5.89. The zero-order valence-corrected chi connectivity index (χ0v) is 24.1. The summed E-state index contributed by atoms with van der Waals surface area (Å²) in [6.07, 6.45) is 1.46. The van der Waals surface area contributed by atoms with Crippen LogP contribution in [0.4, 0.5) is 10.2 Å². The van der Waals surface area contributed by atoms with E-state index < -0.39 is 35.0 Å². The van der Waals surface area contributed by atoms with Gasteiger partial charge in [-0.15, -0.1) is 0 Å². The average molecular weight is 616 g/mol. The number of aliphatic hydroxyl groups excluding tert-OH is 1. The fraction of sp³-hybridized carbons (Fsp3) is 0.250. The number of phenols is 1. The highest BCUT2D eigenvalue weighted by atomic mass is 32.2. The summed E-state index contributed by atoms with van der Waals surface area (Å²) in [6, 6.07) is 12.9. The Kier molecular flexibility index (Phi) is 11.7. The second kappa shape index (κ2) is 15.4. The minimum absolute atomic E-state index is 0.00146. The van der Waals surface area contributed by atoms with E-state index in [0.717, 1.165) is 11.8 Å². The summed E-state index contributed by atoms with van der Waals surface area (Å²) in [4.78, 5) is 57.9. The number of thioether (sulfide) groups is 1. The normalized spacial score (nSPS) is 14.5. The van der Waals surface area contributed by atoms with Gasteiger partial charge in [0.2, 0.25) is 17.7 Å². The molecule has 1 aliphatic heterocycles. The van der Waals surface area contributed by atoms with Crippen LogP contribution < -0.4 is 15.8 Å². The third-order valence-corrected chi connectivity index (χ3v) is 6.91. The molecule has 15 heteroatoms. The molecule has 2 aromatic carbocycles. The van der Waals surface area contributed by atoms with E-state index in [-0.39, 0.29) is 54.2 Å². The Balaban J connectivity index is 1.57. The number of aliphatic imine (C=N–C) groups is 1. The van der Waals surface area contributed by atoms with Crippen LogP contribution >= 0.6 is 11.8 Å². The van der Waals surface area contributed by atoms with Gasteiger partial charge in [0.05, 0.1) is 36.8 Å². The van der Waals surface area contributed by atoms with Crippen LogP contribution in [0.3, 0.4) is 0 Å². The molecule has 1 heterocycles. The Bertz CT molecular complexity index is 1460. The van der Waals surface area contributed by atoms with E-state index in [2.05, 4.69) is 15.3 Å². The topological polar surface area (TPSA) is 184 Å². The predicted molar refractivity (Wildman–Crippen MR) is 157 cm³/mol. The maximum absolute atomic E-state index is 12.7. The molecule has 0 bridgehead atoms. The van der Waals surface area contributed by atoms with Crippen LogP contribution in [0.15, 0.2) is 69.8 Å². The van der Waals surface area contributed by atoms with Gasteiger partial charge >= 0.3 is 5.97 Å². The summed E-state index contributed by atoms with van der Waals surface area (Å²) in [5.41, 5.74) is 5.73. The number of aromatic hydroxyl groups is 1. The Morgan fingerprint density at radius 2 is 1.74 bits per heavy atom. The first-order valence-corrected chi connectivity index (χ1v) is 13.6. The third kappa shape index (κ3) is 9.05. The van der Waals surface area contributed by atoms with E-state index >= 15 is 0 Å². The van der Waals surface area contributed by atoms with E-state index in [9.17, 15) is 33.9 Å². The van der Waals surface area contributed by atoms with Crippen molar-refractivity contribution in [3.8, 4) is 11.5 Å². The Morgan fingerprint density at radius 3 is 2.40 bits per heavy atom. The average Bonchev–Trinajstić information content (AvgIpc) is 3.29. The fourth-order valence-corrected chi connectivity index (χ4v) is 4.66. The monoisotopic (exact) mass is 615 g/mol. The quantitative estimate of drug-likeness (QED) is 0.257. The molecule has 0 radical (unpaired) electrons. The van der Waals surface area contributed by atoms with Crippen LogP contribution in [0.25, 0.3) is 6.08 Å². The minimum atomic E-state index is -1.40. The highest BCUT2D eigenvalue weighted by molar-refractivity contribution is 8.18. The largest absolute Gasteiger partial charge is 0.506 e. The molecule has 13 nitrogen and oxygen atoms in total. The van der Waals surface area contributed by atoms with Crippen molar-refractivity contribution < 1.29 is 43.6 Å². The Labute approximate surface area is 250 Å². The summed E-state index contributed by atoms with van der Waals surface area (Å²) in [6.45, 7) is -0.602. The Morgan fingerprint density at radius 1 is 1.05 bits per heavy atom. The van der Waals surface area contributed by atoms with E-state index in [1.807, 2.05) is 0 Å². The van der Waals surface area contributed by atoms with Crippen molar-refractivity contribution in [3.05, 3.63) is 70.3 Å². The zero-order chi connectivity index (χ0) is 31.5. The maximum atomic E-state index is 12.7. The lowest BCUT2D eigenvalue weighted by Crippen LogP contribution is -2.45. The minimum Gasteiger partial charge on any atom is -0.506 e. The number of nitrogens with two attached hydrogens (primary N) is 1. The first kappa shape index (κ1) is 32.6. The molecule has 0 atom stereocenters. The first-order chi connectivity index (χ1) is 20.5. The number of phenolic OH excluding ortho intramolecular Hbond substituents is 1. The molecular formula is C28H30FN5O8S. The highest BCUT2D eigenvalue weighted by Crippen LogP contribution is 2.41. The molecular weight excluding hydrogens is 585 g/mol. The van der Waals surface area contributed by atoms with Crippen molar-refractivity contribution in [1.82, 2.24) is 15.1 Å². The van der Waals surface area contributed by atoms with Crippen LogP contribution in [0.1, 0.15) is 5.56 Å². The number of hydrogen-bond donors (Lipinski definition) is 4. The lowest BCUT2D eigenvalue weighted by molar-refractivity contribution is -0.177. The van der Waals surface area contributed by atoms with Crippen LogP contribution in [-0.2, 0) is 24.1 Å². The SMILES string of the molecule is CN(CC(=O)NCCOc1ccc(/C=C2\SC(=Nc3ccccc3)C(C(=O)OF)=C2O)cc1O)C(=O)CN(C)C(=O)CN. The zero-order valence-electron chi connectivity index (χ0n) is 23.3.